The fourth-order valence-electron chi connectivity index (χ4n) is 1.50. The summed E-state index contributed by atoms with van der Waals surface area (Å²) in [6.45, 7) is 1.06. The maximum absolute atomic E-state index is 11.3. The smallest absolute Gasteiger partial charge is 0.336 e. The molecule has 3 N–H and O–H groups in total. The molecule has 1 rings (SSSR count). The summed E-state index contributed by atoms with van der Waals surface area (Å²) >= 11 is 0. The van der Waals surface area contributed by atoms with Crippen LogP contribution in [0.2, 0.25) is 0 Å². The molecule has 1 aliphatic rings. The minimum absolute atomic E-state index is 0.0141. The van der Waals surface area contributed by atoms with Crippen molar-refractivity contribution in [3.8, 4) is 0 Å². The highest BCUT2D eigenvalue weighted by Gasteiger charge is 2.28. The van der Waals surface area contributed by atoms with Gasteiger partial charge in [0.1, 0.15) is 0 Å². The molecule has 3 amide bonds. The van der Waals surface area contributed by atoms with Crippen LogP contribution in [0.15, 0.2) is 0 Å². The summed E-state index contributed by atoms with van der Waals surface area (Å²) < 4.78 is 9.73. The van der Waals surface area contributed by atoms with E-state index >= 15 is 0 Å². The molecule has 1 saturated heterocycles. The molecule has 1 aliphatic heterocycles. The Labute approximate surface area is 98.0 Å². The molecule has 0 bridgehead atoms. The van der Waals surface area contributed by atoms with Crippen molar-refractivity contribution in [1.29, 1.82) is 0 Å². The SMILES string of the molecule is COC(=O)C1CN(CC(=O)NC(N)=O)CCO1. The van der Waals surface area contributed by atoms with Gasteiger partial charge in [-0.15, -0.1) is 0 Å². The van der Waals surface area contributed by atoms with E-state index in [9.17, 15) is 14.4 Å². The summed E-state index contributed by atoms with van der Waals surface area (Å²) in [5.74, 6) is -0.993. The third-order valence-corrected chi connectivity index (χ3v) is 2.24. The van der Waals surface area contributed by atoms with Gasteiger partial charge in [0.15, 0.2) is 6.10 Å². The number of nitrogens with one attached hydrogen (secondary N) is 1. The first-order chi connectivity index (χ1) is 8.02. The van der Waals surface area contributed by atoms with Gasteiger partial charge in [0.2, 0.25) is 5.91 Å². The quantitative estimate of drug-likeness (QED) is 0.559. The first kappa shape index (κ1) is 13.4. The summed E-state index contributed by atoms with van der Waals surface area (Å²) in [7, 11) is 1.27. The molecule has 1 unspecified atom stereocenters. The first-order valence-corrected chi connectivity index (χ1v) is 5.04. The van der Waals surface area contributed by atoms with Gasteiger partial charge in [0.05, 0.1) is 20.3 Å². The average molecular weight is 245 g/mol. The number of urea groups is 1. The minimum atomic E-state index is -0.896. The van der Waals surface area contributed by atoms with Gasteiger partial charge in [-0.25, -0.2) is 9.59 Å². The Balaban J connectivity index is 2.41. The van der Waals surface area contributed by atoms with Crippen LogP contribution in [-0.4, -0.2) is 62.3 Å². The van der Waals surface area contributed by atoms with Crippen LogP contribution in [0.5, 0.6) is 0 Å². The molecule has 0 aromatic carbocycles. The van der Waals surface area contributed by atoms with Crippen molar-refractivity contribution in [2.24, 2.45) is 5.73 Å². The van der Waals surface area contributed by atoms with Crippen LogP contribution in [0.3, 0.4) is 0 Å². The molecule has 0 spiro atoms. The molecule has 8 heteroatoms. The fourth-order valence-corrected chi connectivity index (χ4v) is 1.50. The van der Waals surface area contributed by atoms with E-state index < -0.39 is 24.0 Å². The number of rotatable bonds is 3. The molecule has 1 fully saturated rings. The van der Waals surface area contributed by atoms with Crippen LogP contribution >= 0.6 is 0 Å². The molecule has 0 aliphatic carbocycles. The number of nitrogens with two attached hydrogens (primary N) is 1. The van der Waals surface area contributed by atoms with Gasteiger partial charge in [-0.1, -0.05) is 0 Å². The summed E-state index contributed by atoms with van der Waals surface area (Å²) in [5, 5.41) is 1.95. The van der Waals surface area contributed by atoms with Gasteiger partial charge in [-0.3, -0.25) is 15.0 Å². The van der Waals surface area contributed by atoms with Crippen molar-refractivity contribution in [3.05, 3.63) is 0 Å². The molecule has 0 saturated carbocycles. The van der Waals surface area contributed by atoms with Crippen LogP contribution in [0.25, 0.3) is 0 Å². The molecule has 0 aromatic heterocycles. The Kier molecular flexibility index (Phi) is 4.85. The minimum Gasteiger partial charge on any atom is -0.467 e. The lowest BCUT2D eigenvalue weighted by Crippen LogP contribution is -2.50. The van der Waals surface area contributed by atoms with Gasteiger partial charge in [0.25, 0.3) is 0 Å². The number of imide groups is 1. The molecule has 0 aromatic rings. The molecule has 0 radical (unpaired) electrons. The largest absolute Gasteiger partial charge is 0.467 e. The second kappa shape index (κ2) is 6.16. The highest BCUT2D eigenvalue weighted by molar-refractivity contribution is 5.94. The van der Waals surface area contributed by atoms with Crippen LogP contribution < -0.4 is 11.1 Å². The van der Waals surface area contributed by atoms with Gasteiger partial charge in [-0.05, 0) is 0 Å². The van der Waals surface area contributed by atoms with E-state index in [-0.39, 0.29) is 13.1 Å². The highest BCUT2D eigenvalue weighted by atomic mass is 16.6. The number of primary amides is 1. The standard InChI is InChI=1S/C9H15N3O5/c1-16-8(14)6-4-12(2-3-17-6)5-7(13)11-9(10)15/h6H,2-5H2,1H3,(H3,10,11,13,15). The summed E-state index contributed by atoms with van der Waals surface area (Å²) in [6, 6.07) is -0.896. The van der Waals surface area contributed by atoms with Crippen molar-refractivity contribution in [1.82, 2.24) is 10.2 Å². The number of hydrogen-bond donors (Lipinski definition) is 2. The number of esters is 1. The van der Waals surface area contributed by atoms with Crippen molar-refractivity contribution >= 4 is 17.9 Å². The first-order valence-electron chi connectivity index (χ1n) is 5.04. The van der Waals surface area contributed by atoms with Gasteiger partial charge in [0, 0.05) is 13.1 Å². The number of amides is 3. The maximum Gasteiger partial charge on any atom is 0.336 e. The zero-order chi connectivity index (χ0) is 12.8. The topological polar surface area (TPSA) is 111 Å². The number of methoxy groups -OCH3 is 1. The van der Waals surface area contributed by atoms with Gasteiger partial charge in [-0.2, -0.15) is 0 Å². The zero-order valence-corrected chi connectivity index (χ0v) is 9.47. The Morgan fingerprint density at radius 2 is 2.24 bits per heavy atom. The Hall–Kier alpha value is -1.67. The molecule has 8 nitrogen and oxygen atoms in total. The van der Waals surface area contributed by atoms with E-state index in [4.69, 9.17) is 10.5 Å². The summed E-state index contributed by atoms with van der Waals surface area (Å²) in [4.78, 5) is 34.6. The number of nitrogens with zero attached hydrogens (tertiary/aromatic N) is 1. The second-order valence-electron chi connectivity index (χ2n) is 3.53. The van der Waals surface area contributed by atoms with Crippen molar-refractivity contribution < 1.29 is 23.9 Å². The number of ether oxygens (including phenoxy) is 2. The zero-order valence-electron chi connectivity index (χ0n) is 9.47. The van der Waals surface area contributed by atoms with E-state index in [1.54, 1.807) is 4.90 Å². The molecule has 1 atom stereocenters. The Morgan fingerprint density at radius 1 is 1.53 bits per heavy atom. The Morgan fingerprint density at radius 3 is 2.82 bits per heavy atom. The second-order valence-corrected chi connectivity index (χ2v) is 3.53. The van der Waals surface area contributed by atoms with Crippen LogP contribution in [0, 0.1) is 0 Å². The number of hydrogen-bond acceptors (Lipinski definition) is 6. The molecular weight excluding hydrogens is 230 g/mol. The van der Waals surface area contributed by atoms with E-state index in [0.29, 0.717) is 13.2 Å². The van der Waals surface area contributed by atoms with Gasteiger partial charge < -0.3 is 15.2 Å². The van der Waals surface area contributed by atoms with Crippen molar-refractivity contribution in [2.45, 2.75) is 6.10 Å². The lowest BCUT2D eigenvalue weighted by Gasteiger charge is -2.30. The predicted octanol–water partition coefficient (Wildman–Crippen LogP) is -1.94. The molecular formula is C9H15N3O5. The summed E-state index contributed by atoms with van der Waals surface area (Å²) in [6.07, 6.45) is -0.699. The monoisotopic (exact) mass is 245 g/mol. The molecule has 96 valence electrons. The van der Waals surface area contributed by atoms with Crippen LogP contribution in [0.4, 0.5) is 4.79 Å². The van der Waals surface area contributed by atoms with E-state index in [0.717, 1.165) is 0 Å². The van der Waals surface area contributed by atoms with E-state index in [1.807, 2.05) is 5.32 Å². The lowest BCUT2D eigenvalue weighted by atomic mass is 10.2. The van der Waals surface area contributed by atoms with E-state index in [2.05, 4.69) is 4.74 Å². The predicted molar refractivity (Wildman–Crippen MR) is 55.9 cm³/mol. The molecule has 17 heavy (non-hydrogen) atoms. The Bertz CT molecular complexity index is 320. The van der Waals surface area contributed by atoms with E-state index in [1.165, 1.54) is 7.11 Å². The number of morpholine rings is 1. The third kappa shape index (κ3) is 4.37. The number of carbonyl (C=O) groups excluding carboxylic acids is 3. The molecule has 1 heterocycles. The van der Waals surface area contributed by atoms with Crippen LogP contribution in [-0.2, 0) is 19.1 Å². The van der Waals surface area contributed by atoms with Gasteiger partial charge >= 0.3 is 12.0 Å². The van der Waals surface area contributed by atoms with Crippen LogP contribution in [0.1, 0.15) is 0 Å². The lowest BCUT2D eigenvalue weighted by molar-refractivity contribution is -0.160. The number of carbonyl (C=O) groups is 3. The summed E-state index contributed by atoms with van der Waals surface area (Å²) in [5.41, 5.74) is 4.81. The fraction of sp³-hybridized carbons (Fsp3) is 0.667. The normalized spacial score (nSPS) is 20.6. The highest BCUT2D eigenvalue weighted by Crippen LogP contribution is 2.06. The third-order valence-electron chi connectivity index (χ3n) is 2.24. The maximum atomic E-state index is 11.3. The van der Waals surface area contributed by atoms with Crippen molar-refractivity contribution in [2.75, 3.05) is 33.4 Å². The van der Waals surface area contributed by atoms with Crippen molar-refractivity contribution in [3.63, 3.8) is 0 Å². The average Bonchev–Trinajstić information content (AvgIpc) is 2.27.